The monoisotopic (exact) mass is 268 g/mol. The number of carbonyl (C=O) groups is 2. The topological polar surface area (TPSA) is 133 Å². The minimum absolute atomic E-state index is 0.107. The summed E-state index contributed by atoms with van der Waals surface area (Å²) in [4.78, 5) is 21.9. The molecule has 0 aliphatic carbocycles. The van der Waals surface area contributed by atoms with E-state index in [1.807, 2.05) is 0 Å². The van der Waals surface area contributed by atoms with Crippen molar-refractivity contribution in [2.45, 2.75) is 6.29 Å². The Morgan fingerprint density at radius 1 is 1.35 bits per heavy atom. The van der Waals surface area contributed by atoms with Crippen molar-refractivity contribution in [2.24, 2.45) is 5.73 Å². The first kappa shape index (κ1) is 16.1. The van der Waals surface area contributed by atoms with Crippen LogP contribution < -0.4 is 5.73 Å². The third kappa shape index (κ3) is 7.94. The van der Waals surface area contributed by atoms with E-state index in [-0.39, 0.29) is 19.8 Å². The maximum absolute atomic E-state index is 11.2. The van der Waals surface area contributed by atoms with Crippen molar-refractivity contribution in [3.63, 3.8) is 0 Å². The Kier molecular flexibility index (Phi) is 8.72. The number of ether oxygens (including phenoxy) is 1. The lowest BCUT2D eigenvalue weighted by atomic mass is 10.5. The molecule has 0 aliphatic heterocycles. The van der Waals surface area contributed by atoms with Gasteiger partial charge in [-0.25, -0.2) is 0 Å². The third-order valence-corrected chi connectivity index (χ3v) is 2.45. The highest BCUT2D eigenvalue weighted by atomic mass is 32.2. The number of hydrogen-bond acceptors (Lipinski definition) is 7. The summed E-state index contributed by atoms with van der Waals surface area (Å²) >= 11 is 0.893. The zero-order valence-electron chi connectivity index (χ0n) is 9.11. The maximum atomic E-state index is 11.2. The molecule has 0 saturated carbocycles. The smallest absolute Gasteiger partial charge is 0.321 e. The molecule has 0 fully saturated rings. The highest BCUT2D eigenvalue weighted by Crippen LogP contribution is 2.10. The van der Waals surface area contributed by atoms with Gasteiger partial charge in [-0.05, 0) is 11.9 Å². The van der Waals surface area contributed by atoms with Gasteiger partial charge < -0.3 is 25.8 Å². The summed E-state index contributed by atoms with van der Waals surface area (Å²) in [6.45, 7) is -0.112. The molecule has 2 amide bonds. The van der Waals surface area contributed by atoms with Gasteiger partial charge in [0.1, 0.15) is 0 Å². The molecule has 17 heavy (non-hydrogen) atoms. The van der Waals surface area contributed by atoms with Crippen LogP contribution in [0.5, 0.6) is 0 Å². The Morgan fingerprint density at radius 2 is 2.00 bits per heavy atom. The minimum Gasteiger partial charge on any atom is -0.394 e. The zero-order chi connectivity index (χ0) is 13.3. The Morgan fingerprint density at radius 3 is 2.47 bits per heavy atom. The number of aliphatic hydroxyl groups is 3. The number of hydrogen-bond donors (Lipinski definition) is 4. The molecular weight excluding hydrogens is 252 g/mol. The predicted molar refractivity (Wildman–Crippen MR) is 59.5 cm³/mol. The van der Waals surface area contributed by atoms with Crippen LogP contribution in [0.25, 0.3) is 0 Å². The van der Waals surface area contributed by atoms with Crippen molar-refractivity contribution in [1.82, 2.24) is 4.31 Å². The van der Waals surface area contributed by atoms with Crippen LogP contribution in [-0.4, -0.2) is 69.8 Å². The number of primary amides is 1. The van der Waals surface area contributed by atoms with Crippen LogP contribution in [0.3, 0.4) is 0 Å². The number of nitrogens with zero attached hydrogens (tertiary/aromatic N) is 1. The van der Waals surface area contributed by atoms with Gasteiger partial charge in [-0.2, -0.15) is 0 Å². The summed E-state index contributed by atoms with van der Waals surface area (Å²) in [5.74, 6) is -1.87. The number of amides is 2. The zero-order valence-corrected chi connectivity index (χ0v) is 9.93. The maximum Gasteiger partial charge on any atom is 0.321 e. The number of aliphatic hydroxyl groups excluding tert-OH is 2. The minimum atomic E-state index is -1.75. The molecule has 0 unspecified atom stereocenters. The van der Waals surface area contributed by atoms with E-state index in [1.165, 1.54) is 0 Å². The summed E-state index contributed by atoms with van der Waals surface area (Å²) in [6.07, 6.45) is -1.75. The van der Waals surface area contributed by atoms with Gasteiger partial charge in [-0.3, -0.25) is 13.9 Å². The fourth-order valence-corrected chi connectivity index (χ4v) is 1.70. The molecule has 0 spiro atoms. The van der Waals surface area contributed by atoms with Crippen molar-refractivity contribution in [3.8, 4) is 0 Å². The second-order valence-corrected chi connectivity index (χ2v) is 3.99. The van der Waals surface area contributed by atoms with E-state index < -0.39 is 24.6 Å². The second kappa shape index (κ2) is 9.19. The van der Waals surface area contributed by atoms with E-state index in [1.54, 1.807) is 0 Å². The van der Waals surface area contributed by atoms with Crippen LogP contribution >= 0.6 is 11.9 Å². The fraction of sp³-hybridized carbons (Fsp3) is 0.750. The van der Waals surface area contributed by atoms with Crippen molar-refractivity contribution in [1.29, 1.82) is 0 Å². The van der Waals surface area contributed by atoms with Gasteiger partial charge in [0.2, 0.25) is 0 Å². The van der Waals surface area contributed by atoms with Crippen LogP contribution in [0.1, 0.15) is 0 Å². The van der Waals surface area contributed by atoms with Gasteiger partial charge in [0.15, 0.2) is 6.29 Å². The van der Waals surface area contributed by atoms with Gasteiger partial charge >= 0.3 is 11.8 Å². The SMILES string of the molecule is NC(=O)C(=O)N(CC(O)O)SCCOCCO. The van der Waals surface area contributed by atoms with Gasteiger partial charge in [0.25, 0.3) is 0 Å². The molecule has 0 rings (SSSR count). The van der Waals surface area contributed by atoms with E-state index in [2.05, 4.69) is 0 Å². The average molecular weight is 268 g/mol. The van der Waals surface area contributed by atoms with Gasteiger partial charge in [-0.15, -0.1) is 0 Å². The number of rotatable bonds is 8. The molecule has 9 heteroatoms. The van der Waals surface area contributed by atoms with Gasteiger partial charge in [0.05, 0.1) is 26.4 Å². The first-order valence-corrected chi connectivity index (χ1v) is 5.72. The summed E-state index contributed by atoms with van der Waals surface area (Å²) in [7, 11) is 0. The quantitative estimate of drug-likeness (QED) is 0.162. The van der Waals surface area contributed by atoms with Gasteiger partial charge in [-0.1, -0.05) is 0 Å². The largest absolute Gasteiger partial charge is 0.394 e. The average Bonchev–Trinajstić information content (AvgIpc) is 2.25. The Hall–Kier alpha value is -0.870. The molecule has 0 atom stereocenters. The lowest BCUT2D eigenvalue weighted by molar-refractivity contribution is -0.143. The predicted octanol–water partition coefficient (Wildman–Crippen LogP) is -2.73. The van der Waals surface area contributed by atoms with E-state index >= 15 is 0 Å². The molecule has 0 radical (unpaired) electrons. The summed E-state index contributed by atoms with van der Waals surface area (Å²) in [5.41, 5.74) is 4.79. The molecule has 100 valence electrons. The standard InChI is InChI=1S/C8H16N2O6S/c9-7(14)8(15)10(5-6(12)13)17-4-3-16-2-1-11/h6,11-13H,1-5H2,(H2,9,14). The lowest BCUT2D eigenvalue weighted by Gasteiger charge is -2.20. The normalized spacial score (nSPS) is 10.6. The summed E-state index contributed by atoms with van der Waals surface area (Å²) < 4.78 is 5.78. The first-order valence-electron chi connectivity index (χ1n) is 4.78. The van der Waals surface area contributed by atoms with Crippen molar-refractivity contribution < 1.29 is 29.6 Å². The van der Waals surface area contributed by atoms with Crippen LogP contribution in [0, 0.1) is 0 Å². The molecule has 0 aliphatic rings. The highest BCUT2D eigenvalue weighted by molar-refractivity contribution is 7.97. The number of carbonyl (C=O) groups excluding carboxylic acids is 2. The van der Waals surface area contributed by atoms with Crippen molar-refractivity contribution in [3.05, 3.63) is 0 Å². The first-order chi connectivity index (χ1) is 7.99. The van der Waals surface area contributed by atoms with E-state index in [0.29, 0.717) is 5.75 Å². The van der Waals surface area contributed by atoms with E-state index in [9.17, 15) is 9.59 Å². The number of nitrogens with two attached hydrogens (primary N) is 1. The van der Waals surface area contributed by atoms with Crippen molar-refractivity contribution in [2.75, 3.05) is 32.1 Å². The van der Waals surface area contributed by atoms with E-state index in [4.69, 9.17) is 25.8 Å². The Bertz CT molecular complexity index is 250. The van der Waals surface area contributed by atoms with Crippen LogP contribution in [0.15, 0.2) is 0 Å². The molecule has 0 aromatic heterocycles. The van der Waals surface area contributed by atoms with Crippen LogP contribution in [0.2, 0.25) is 0 Å². The molecule has 0 heterocycles. The van der Waals surface area contributed by atoms with Crippen molar-refractivity contribution >= 4 is 23.8 Å². The molecule has 0 bridgehead atoms. The molecule has 0 saturated heterocycles. The summed E-state index contributed by atoms with van der Waals surface area (Å²) in [6, 6.07) is 0. The lowest BCUT2D eigenvalue weighted by Crippen LogP contribution is -2.40. The van der Waals surface area contributed by atoms with E-state index in [0.717, 1.165) is 16.3 Å². The fourth-order valence-electron chi connectivity index (χ4n) is 0.838. The third-order valence-electron chi connectivity index (χ3n) is 1.48. The molecular formula is C8H16N2O6S. The van der Waals surface area contributed by atoms with Crippen LogP contribution in [0.4, 0.5) is 0 Å². The molecule has 5 N–H and O–H groups in total. The van der Waals surface area contributed by atoms with Crippen LogP contribution in [-0.2, 0) is 14.3 Å². The molecule has 0 aromatic rings. The summed E-state index contributed by atoms with van der Waals surface area (Å²) in [5, 5.41) is 25.9. The molecule has 0 aromatic carbocycles. The highest BCUT2D eigenvalue weighted by Gasteiger charge is 2.21. The van der Waals surface area contributed by atoms with Gasteiger partial charge in [0, 0.05) is 5.75 Å². The Balaban J connectivity index is 4.02. The second-order valence-electron chi connectivity index (χ2n) is 2.88. The Labute approximate surface area is 102 Å². The molecule has 8 nitrogen and oxygen atoms in total.